The highest BCUT2D eigenvalue weighted by molar-refractivity contribution is 5.58. The monoisotopic (exact) mass is 247 g/mol. The van der Waals surface area contributed by atoms with E-state index in [2.05, 4.69) is 20.4 Å². The van der Waals surface area contributed by atoms with E-state index in [1.54, 1.807) is 4.68 Å². The van der Waals surface area contributed by atoms with Crippen LogP contribution in [-0.4, -0.2) is 33.4 Å². The lowest BCUT2D eigenvalue weighted by Crippen LogP contribution is -2.04. The van der Waals surface area contributed by atoms with Crippen LogP contribution in [0.2, 0.25) is 0 Å². The quantitative estimate of drug-likeness (QED) is 0.866. The number of hydrogen-bond acceptors (Lipinski definition) is 5. The molecule has 2 rings (SSSR count). The molecule has 0 amide bonds. The summed E-state index contributed by atoms with van der Waals surface area (Å²) in [5.74, 6) is 1.42. The molecule has 2 heterocycles. The molecule has 0 aliphatic carbocycles. The summed E-state index contributed by atoms with van der Waals surface area (Å²) in [6, 6.07) is 3.80. The van der Waals surface area contributed by atoms with Crippen LogP contribution >= 0.6 is 0 Å². The Labute approximate surface area is 106 Å². The minimum absolute atomic E-state index is 0.409. The molecule has 0 radical (unpaired) electrons. The van der Waals surface area contributed by atoms with Gasteiger partial charge in [-0.25, -0.2) is 9.97 Å². The topological polar surface area (TPSA) is 64.9 Å². The molecule has 0 unspecified atom stereocenters. The predicted octanol–water partition coefficient (Wildman–Crippen LogP) is 1.46. The molecule has 0 aliphatic rings. The normalized spacial score (nSPS) is 10.6. The number of nitrogens with one attached hydrogen (secondary N) is 1. The van der Waals surface area contributed by atoms with Crippen LogP contribution in [0.4, 0.5) is 5.82 Å². The van der Waals surface area contributed by atoms with E-state index in [0.717, 1.165) is 17.2 Å². The largest absolute Gasteiger partial charge is 0.374 e. The van der Waals surface area contributed by atoms with E-state index >= 15 is 0 Å². The molecule has 0 atom stereocenters. The molecule has 96 valence electrons. The molecule has 1 N–H and O–H groups in total. The van der Waals surface area contributed by atoms with Gasteiger partial charge in [0.2, 0.25) is 0 Å². The van der Waals surface area contributed by atoms with Crippen molar-refractivity contribution in [2.75, 3.05) is 19.0 Å². The summed E-state index contributed by atoms with van der Waals surface area (Å²) in [5.41, 5.74) is 1.62. The van der Waals surface area contributed by atoms with Gasteiger partial charge in [0.15, 0.2) is 5.82 Å². The lowest BCUT2D eigenvalue weighted by atomic mass is 10.3. The third-order valence-corrected chi connectivity index (χ3v) is 2.44. The number of nitrogens with zero attached hydrogens (tertiary/aromatic N) is 4. The first kappa shape index (κ1) is 12.5. The molecule has 6 heteroatoms. The number of hydrogen-bond donors (Lipinski definition) is 1. The summed E-state index contributed by atoms with van der Waals surface area (Å²) in [6.45, 7) is 3.00. The Kier molecular flexibility index (Phi) is 3.88. The predicted molar refractivity (Wildman–Crippen MR) is 69.1 cm³/mol. The second-order valence-corrected chi connectivity index (χ2v) is 3.82. The van der Waals surface area contributed by atoms with Gasteiger partial charge in [-0.3, -0.25) is 4.68 Å². The van der Waals surface area contributed by atoms with E-state index < -0.39 is 0 Å². The first-order valence-electron chi connectivity index (χ1n) is 5.86. The maximum atomic E-state index is 5.34. The van der Waals surface area contributed by atoms with Crippen molar-refractivity contribution in [1.82, 2.24) is 19.7 Å². The minimum Gasteiger partial charge on any atom is -0.374 e. The molecule has 0 fully saturated rings. The molecule has 2 aromatic rings. The average Bonchev–Trinajstić information content (AvgIpc) is 2.82. The van der Waals surface area contributed by atoms with Crippen molar-refractivity contribution in [2.45, 2.75) is 13.5 Å². The summed E-state index contributed by atoms with van der Waals surface area (Å²) < 4.78 is 7.09. The summed E-state index contributed by atoms with van der Waals surface area (Å²) in [7, 11) is 3.71. The van der Waals surface area contributed by atoms with Crippen LogP contribution in [0.3, 0.4) is 0 Å². The van der Waals surface area contributed by atoms with Gasteiger partial charge in [0, 0.05) is 33.0 Å². The van der Waals surface area contributed by atoms with Gasteiger partial charge in [-0.15, -0.1) is 0 Å². The van der Waals surface area contributed by atoms with Crippen LogP contribution in [0.5, 0.6) is 0 Å². The lowest BCUT2D eigenvalue weighted by Gasteiger charge is -2.06. The van der Waals surface area contributed by atoms with E-state index in [1.165, 1.54) is 0 Å². The highest BCUT2D eigenvalue weighted by atomic mass is 16.5. The van der Waals surface area contributed by atoms with Crippen molar-refractivity contribution in [3.63, 3.8) is 0 Å². The van der Waals surface area contributed by atoms with Crippen LogP contribution in [-0.2, 0) is 18.4 Å². The zero-order chi connectivity index (χ0) is 13.0. The highest BCUT2D eigenvalue weighted by Crippen LogP contribution is 2.17. The standard InChI is InChI=1S/C12H17N5O/c1-4-18-8-12-14-10(7-11(13-2)15-12)9-5-6-17(3)16-9/h5-7H,4,8H2,1-3H3,(H,13,14,15). The molecular weight excluding hydrogens is 230 g/mol. The van der Waals surface area contributed by atoms with E-state index in [0.29, 0.717) is 19.0 Å². The molecule has 0 saturated carbocycles. The van der Waals surface area contributed by atoms with Gasteiger partial charge in [-0.1, -0.05) is 0 Å². The number of aryl methyl sites for hydroxylation is 1. The highest BCUT2D eigenvalue weighted by Gasteiger charge is 2.08. The van der Waals surface area contributed by atoms with Crippen molar-refractivity contribution in [2.24, 2.45) is 7.05 Å². The van der Waals surface area contributed by atoms with Crippen molar-refractivity contribution >= 4 is 5.82 Å². The fraction of sp³-hybridized carbons (Fsp3) is 0.417. The fourth-order valence-electron chi connectivity index (χ4n) is 1.57. The van der Waals surface area contributed by atoms with Gasteiger partial charge in [0.25, 0.3) is 0 Å². The third kappa shape index (κ3) is 2.84. The summed E-state index contributed by atoms with van der Waals surface area (Å²) in [6.07, 6.45) is 1.89. The second kappa shape index (κ2) is 5.59. The van der Waals surface area contributed by atoms with Gasteiger partial charge in [0.05, 0.1) is 5.69 Å². The second-order valence-electron chi connectivity index (χ2n) is 3.82. The van der Waals surface area contributed by atoms with E-state index in [9.17, 15) is 0 Å². The molecule has 0 bridgehead atoms. The number of anilines is 1. The lowest BCUT2D eigenvalue weighted by molar-refractivity contribution is 0.128. The summed E-state index contributed by atoms with van der Waals surface area (Å²) >= 11 is 0. The van der Waals surface area contributed by atoms with Crippen LogP contribution in [0.25, 0.3) is 11.4 Å². The summed E-state index contributed by atoms with van der Waals surface area (Å²) in [4.78, 5) is 8.79. The van der Waals surface area contributed by atoms with E-state index in [-0.39, 0.29) is 0 Å². The zero-order valence-electron chi connectivity index (χ0n) is 10.8. The van der Waals surface area contributed by atoms with Gasteiger partial charge >= 0.3 is 0 Å². The minimum atomic E-state index is 0.409. The molecule has 2 aromatic heterocycles. The molecule has 0 saturated heterocycles. The van der Waals surface area contributed by atoms with Crippen LogP contribution < -0.4 is 5.32 Å². The number of aromatic nitrogens is 4. The molecule has 6 nitrogen and oxygen atoms in total. The van der Waals surface area contributed by atoms with Crippen molar-refractivity contribution < 1.29 is 4.74 Å². The Morgan fingerprint density at radius 3 is 2.78 bits per heavy atom. The zero-order valence-corrected chi connectivity index (χ0v) is 10.8. The average molecular weight is 247 g/mol. The number of rotatable bonds is 5. The Morgan fingerprint density at radius 1 is 1.33 bits per heavy atom. The smallest absolute Gasteiger partial charge is 0.157 e. The fourth-order valence-corrected chi connectivity index (χ4v) is 1.57. The van der Waals surface area contributed by atoms with Crippen molar-refractivity contribution in [1.29, 1.82) is 0 Å². The van der Waals surface area contributed by atoms with Crippen molar-refractivity contribution in [3.8, 4) is 11.4 Å². The van der Waals surface area contributed by atoms with Crippen molar-refractivity contribution in [3.05, 3.63) is 24.2 Å². The van der Waals surface area contributed by atoms with Gasteiger partial charge in [-0.2, -0.15) is 5.10 Å². The maximum absolute atomic E-state index is 5.34. The van der Waals surface area contributed by atoms with Crippen LogP contribution in [0.1, 0.15) is 12.7 Å². The molecule has 0 aromatic carbocycles. The number of ether oxygens (including phenoxy) is 1. The molecule has 0 spiro atoms. The van der Waals surface area contributed by atoms with Gasteiger partial charge < -0.3 is 10.1 Å². The molecular formula is C12H17N5O. The Morgan fingerprint density at radius 2 is 2.17 bits per heavy atom. The third-order valence-electron chi connectivity index (χ3n) is 2.44. The molecule has 0 aliphatic heterocycles. The van der Waals surface area contributed by atoms with E-state index in [4.69, 9.17) is 4.74 Å². The first-order chi connectivity index (χ1) is 8.72. The Bertz CT molecular complexity index is 523. The maximum Gasteiger partial charge on any atom is 0.157 e. The van der Waals surface area contributed by atoms with Gasteiger partial charge in [-0.05, 0) is 13.0 Å². The summed E-state index contributed by atoms with van der Waals surface area (Å²) in [5, 5.41) is 7.36. The van der Waals surface area contributed by atoms with Gasteiger partial charge in [0.1, 0.15) is 18.1 Å². The Hall–Kier alpha value is -1.95. The van der Waals surface area contributed by atoms with E-state index in [1.807, 2.05) is 39.3 Å². The first-order valence-corrected chi connectivity index (χ1v) is 5.86. The van der Waals surface area contributed by atoms with Crippen LogP contribution in [0.15, 0.2) is 18.3 Å². The SMILES string of the molecule is CCOCc1nc(NC)cc(-c2ccn(C)n2)n1. The molecule has 18 heavy (non-hydrogen) atoms. The Balaban J connectivity index is 2.34. The van der Waals surface area contributed by atoms with Crippen LogP contribution in [0, 0.1) is 0 Å².